The Morgan fingerprint density at radius 3 is 1.77 bits per heavy atom. The van der Waals surface area contributed by atoms with E-state index in [-0.39, 0.29) is 64.1 Å². The molecule has 1 aliphatic heterocycles. The standard InChI is InChI=1S/C21H33N5O9/c1-3-22-20(31)34-13-15(14-35-21(32)23-4-2)33-12-8-17(28)25-10-9-24-16(27)7-11-26-18(29)5-6-19(26)30/h5-6,15H,3-4,7-14H2,1-2H3,(H,22,31)(H,23,32)(H,24,27)(H,25,28). The number of ether oxygens (including phenoxy) is 3. The maximum atomic E-state index is 12.0. The Morgan fingerprint density at radius 1 is 0.800 bits per heavy atom. The molecule has 1 heterocycles. The zero-order valence-corrected chi connectivity index (χ0v) is 19.9. The minimum atomic E-state index is -0.767. The topological polar surface area (TPSA) is 181 Å². The lowest BCUT2D eigenvalue weighted by molar-refractivity contribution is -0.137. The molecule has 196 valence electrons. The molecule has 0 aromatic carbocycles. The fourth-order valence-electron chi connectivity index (χ4n) is 2.64. The van der Waals surface area contributed by atoms with Gasteiger partial charge in [-0.05, 0) is 13.8 Å². The molecule has 0 aromatic rings. The fraction of sp³-hybridized carbons (Fsp3) is 0.619. The molecule has 0 radical (unpaired) electrons. The molecule has 0 unspecified atom stereocenters. The monoisotopic (exact) mass is 499 g/mol. The molecular formula is C21H33N5O9. The van der Waals surface area contributed by atoms with Crippen LogP contribution in [0.2, 0.25) is 0 Å². The highest BCUT2D eigenvalue weighted by Crippen LogP contribution is 2.04. The van der Waals surface area contributed by atoms with Gasteiger partial charge < -0.3 is 35.5 Å². The van der Waals surface area contributed by atoms with Crippen molar-refractivity contribution in [2.24, 2.45) is 0 Å². The molecule has 0 aliphatic carbocycles. The van der Waals surface area contributed by atoms with E-state index in [0.29, 0.717) is 13.1 Å². The van der Waals surface area contributed by atoms with Gasteiger partial charge in [-0.2, -0.15) is 0 Å². The number of hydrogen-bond donors (Lipinski definition) is 4. The molecule has 0 saturated carbocycles. The van der Waals surface area contributed by atoms with E-state index in [2.05, 4.69) is 21.3 Å². The van der Waals surface area contributed by atoms with Gasteiger partial charge >= 0.3 is 12.2 Å². The summed E-state index contributed by atoms with van der Waals surface area (Å²) in [5, 5.41) is 10.1. The SMILES string of the molecule is CCNC(=O)OCC(COC(=O)NCC)OCCC(=O)NCCNC(=O)CCN1C(=O)C=CC1=O. The summed E-state index contributed by atoms with van der Waals surface area (Å²) in [7, 11) is 0. The first-order valence-corrected chi connectivity index (χ1v) is 11.3. The van der Waals surface area contributed by atoms with Crippen molar-refractivity contribution in [3.63, 3.8) is 0 Å². The quantitative estimate of drug-likeness (QED) is 0.150. The number of amides is 6. The van der Waals surface area contributed by atoms with Gasteiger partial charge in [0.1, 0.15) is 19.3 Å². The highest BCUT2D eigenvalue weighted by Gasteiger charge is 2.23. The third-order valence-electron chi connectivity index (χ3n) is 4.36. The summed E-state index contributed by atoms with van der Waals surface area (Å²) >= 11 is 0. The van der Waals surface area contributed by atoms with Crippen LogP contribution in [-0.2, 0) is 33.4 Å². The van der Waals surface area contributed by atoms with Crippen LogP contribution in [0.4, 0.5) is 9.59 Å². The molecule has 0 spiro atoms. The Kier molecular flexibility index (Phi) is 14.1. The molecule has 1 rings (SSSR count). The number of carbonyl (C=O) groups is 6. The molecule has 6 amide bonds. The Hall–Kier alpha value is -3.68. The predicted molar refractivity (Wildman–Crippen MR) is 121 cm³/mol. The van der Waals surface area contributed by atoms with Gasteiger partial charge in [0, 0.05) is 57.7 Å². The van der Waals surface area contributed by atoms with Crippen LogP contribution in [-0.4, -0.2) is 99.4 Å². The van der Waals surface area contributed by atoms with Crippen LogP contribution in [0.5, 0.6) is 0 Å². The minimum absolute atomic E-state index is 0.0149. The minimum Gasteiger partial charge on any atom is -0.447 e. The van der Waals surface area contributed by atoms with Crippen molar-refractivity contribution in [2.75, 3.05) is 52.5 Å². The third kappa shape index (κ3) is 13.0. The number of hydrogen-bond acceptors (Lipinski definition) is 9. The first kappa shape index (κ1) is 29.4. The lowest BCUT2D eigenvalue weighted by atomic mass is 10.3. The van der Waals surface area contributed by atoms with Gasteiger partial charge in [-0.3, -0.25) is 24.1 Å². The van der Waals surface area contributed by atoms with Crippen LogP contribution >= 0.6 is 0 Å². The molecule has 4 N–H and O–H groups in total. The van der Waals surface area contributed by atoms with Gasteiger partial charge in [0.15, 0.2) is 0 Å². The van der Waals surface area contributed by atoms with E-state index in [0.717, 1.165) is 17.1 Å². The molecule has 0 saturated heterocycles. The van der Waals surface area contributed by atoms with Crippen molar-refractivity contribution < 1.29 is 43.0 Å². The highest BCUT2D eigenvalue weighted by molar-refractivity contribution is 6.13. The predicted octanol–water partition coefficient (Wildman–Crippen LogP) is -1.20. The van der Waals surface area contributed by atoms with Crippen LogP contribution in [0.25, 0.3) is 0 Å². The second kappa shape index (κ2) is 16.9. The molecule has 0 aromatic heterocycles. The Bertz CT molecular complexity index is 747. The van der Waals surface area contributed by atoms with Crippen molar-refractivity contribution in [1.29, 1.82) is 0 Å². The van der Waals surface area contributed by atoms with E-state index in [4.69, 9.17) is 14.2 Å². The second-order valence-electron chi connectivity index (χ2n) is 7.11. The summed E-state index contributed by atoms with van der Waals surface area (Å²) in [6.07, 6.45) is 0.181. The van der Waals surface area contributed by atoms with Crippen molar-refractivity contribution in [2.45, 2.75) is 32.8 Å². The Labute approximate surface area is 203 Å². The number of rotatable bonds is 16. The molecule has 0 atom stereocenters. The number of nitrogens with one attached hydrogen (secondary N) is 4. The normalized spacial score (nSPS) is 12.5. The summed E-state index contributed by atoms with van der Waals surface area (Å²) in [5.74, 6) is -1.61. The maximum absolute atomic E-state index is 12.0. The summed E-state index contributed by atoms with van der Waals surface area (Å²) in [6, 6.07) is 0. The number of carbonyl (C=O) groups excluding carboxylic acids is 6. The largest absolute Gasteiger partial charge is 0.447 e. The number of alkyl carbamates (subject to hydrolysis) is 2. The van der Waals surface area contributed by atoms with Crippen molar-refractivity contribution in [1.82, 2.24) is 26.2 Å². The van der Waals surface area contributed by atoms with Gasteiger partial charge in [0.2, 0.25) is 11.8 Å². The van der Waals surface area contributed by atoms with Crippen molar-refractivity contribution in [3.8, 4) is 0 Å². The zero-order valence-electron chi connectivity index (χ0n) is 19.9. The molecule has 14 heteroatoms. The van der Waals surface area contributed by atoms with E-state index in [1.54, 1.807) is 13.8 Å². The second-order valence-corrected chi connectivity index (χ2v) is 7.11. The van der Waals surface area contributed by atoms with Crippen LogP contribution in [0.1, 0.15) is 26.7 Å². The number of nitrogens with zero attached hydrogens (tertiary/aromatic N) is 1. The average Bonchev–Trinajstić information content (AvgIpc) is 3.14. The van der Waals surface area contributed by atoms with Crippen molar-refractivity contribution in [3.05, 3.63) is 12.2 Å². The molecule has 0 bridgehead atoms. The van der Waals surface area contributed by atoms with E-state index in [9.17, 15) is 28.8 Å². The van der Waals surface area contributed by atoms with Crippen LogP contribution in [0.15, 0.2) is 12.2 Å². The van der Waals surface area contributed by atoms with Crippen LogP contribution in [0, 0.1) is 0 Å². The van der Waals surface area contributed by atoms with E-state index < -0.39 is 30.1 Å². The fourth-order valence-corrected chi connectivity index (χ4v) is 2.64. The van der Waals surface area contributed by atoms with Crippen molar-refractivity contribution >= 4 is 35.8 Å². The van der Waals surface area contributed by atoms with Gasteiger partial charge in [0.25, 0.3) is 11.8 Å². The smallest absolute Gasteiger partial charge is 0.407 e. The van der Waals surface area contributed by atoms with Gasteiger partial charge in [-0.1, -0.05) is 0 Å². The summed E-state index contributed by atoms with van der Waals surface area (Å²) in [6.45, 7) is 4.16. The first-order valence-electron chi connectivity index (χ1n) is 11.3. The summed E-state index contributed by atoms with van der Waals surface area (Å²) in [5.41, 5.74) is 0. The first-order chi connectivity index (χ1) is 16.8. The number of imide groups is 1. The molecule has 35 heavy (non-hydrogen) atoms. The Morgan fingerprint density at radius 2 is 1.29 bits per heavy atom. The van der Waals surface area contributed by atoms with Gasteiger partial charge in [-0.25, -0.2) is 9.59 Å². The van der Waals surface area contributed by atoms with E-state index in [1.165, 1.54) is 0 Å². The van der Waals surface area contributed by atoms with E-state index in [1.807, 2.05) is 0 Å². The molecule has 0 fully saturated rings. The molecular weight excluding hydrogens is 466 g/mol. The van der Waals surface area contributed by atoms with Crippen LogP contribution in [0.3, 0.4) is 0 Å². The van der Waals surface area contributed by atoms with Gasteiger partial charge in [-0.15, -0.1) is 0 Å². The molecule has 14 nitrogen and oxygen atoms in total. The average molecular weight is 500 g/mol. The third-order valence-corrected chi connectivity index (χ3v) is 4.36. The summed E-state index contributed by atoms with van der Waals surface area (Å²) in [4.78, 5) is 70.5. The maximum Gasteiger partial charge on any atom is 0.407 e. The van der Waals surface area contributed by atoms with E-state index >= 15 is 0 Å². The highest BCUT2D eigenvalue weighted by atomic mass is 16.6. The van der Waals surface area contributed by atoms with Crippen LogP contribution < -0.4 is 21.3 Å². The zero-order chi connectivity index (χ0) is 26.1. The lowest BCUT2D eigenvalue weighted by Crippen LogP contribution is -2.38. The van der Waals surface area contributed by atoms with Gasteiger partial charge in [0.05, 0.1) is 6.61 Å². The molecule has 1 aliphatic rings. The lowest BCUT2D eigenvalue weighted by Gasteiger charge is -2.18. The Balaban J connectivity index is 2.23. The summed E-state index contributed by atoms with van der Waals surface area (Å²) < 4.78 is 15.5.